The Morgan fingerprint density at radius 2 is 0.815 bits per heavy atom. The molecule has 0 spiro atoms. The van der Waals surface area contributed by atoms with E-state index in [1.54, 1.807) is 36.4 Å². The number of fused-ring (bicyclic) bond motifs is 2. The van der Waals surface area contributed by atoms with E-state index in [4.69, 9.17) is 0 Å². The molecule has 0 N–H and O–H groups in total. The third-order valence-electron chi connectivity index (χ3n) is 3.85. The van der Waals surface area contributed by atoms with Crippen molar-refractivity contribution in [3.8, 4) is 0 Å². The molecule has 2 aliphatic rings. The first kappa shape index (κ1) is 20.0. The van der Waals surface area contributed by atoms with Crippen molar-refractivity contribution < 1.29 is 46.5 Å². The van der Waals surface area contributed by atoms with Crippen molar-refractivity contribution in [1.82, 2.24) is 0 Å². The zero-order valence-electron chi connectivity index (χ0n) is 13.5. The van der Waals surface area contributed by atoms with Crippen LogP contribution in [-0.4, -0.2) is 23.1 Å². The average molecular weight is 410 g/mol. The van der Waals surface area contributed by atoms with Crippen LogP contribution in [0.15, 0.2) is 72.2 Å². The van der Waals surface area contributed by atoms with Crippen LogP contribution in [0.1, 0.15) is 41.4 Å². The van der Waals surface area contributed by atoms with Crippen LogP contribution < -0.4 is 10.2 Å². The molecule has 0 fully saturated rings. The topological polar surface area (TPSA) is 114 Å². The largest absolute Gasteiger partial charge is 2.00 e. The molecule has 2 aromatic carbocycles. The summed E-state index contributed by atoms with van der Waals surface area (Å²) in [4.78, 5) is 44.9. The second-order valence-corrected chi connectivity index (χ2v) is 5.50. The maximum atomic E-state index is 11.2. The molecule has 0 aliphatic heterocycles. The van der Waals surface area contributed by atoms with Gasteiger partial charge in [-0.25, -0.2) is 0 Å². The van der Waals surface area contributed by atoms with Crippen LogP contribution in [0, 0.1) is 0 Å². The summed E-state index contributed by atoms with van der Waals surface area (Å²) in [7, 11) is 0. The second-order valence-electron chi connectivity index (χ2n) is 5.50. The van der Waals surface area contributed by atoms with E-state index in [0.29, 0.717) is 11.1 Å². The fraction of sp³-hybridized carbons (Fsp3) is 0. The molecule has 0 bridgehead atoms. The van der Waals surface area contributed by atoms with E-state index in [1.807, 2.05) is 0 Å². The molecule has 0 atom stereocenters. The van der Waals surface area contributed by atoms with Gasteiger partial charge >= 0.3 is 17.1 Å². The summed E-state index contributed by atoms with van der Waals surface area (Å²) in [6.45, 7) is 0. The minimum atomic E-state index is -0.733. The first-order chi connectivity index (χ1) is 12.4. The Hall–Kier alpha value is -3.28. The molecule has 0 aromatic heterocycles. The number of hydrogen-bond acceptors (Lipinski definition) is 6. The second kappa shape index (κ2) is 7.95. The molecular weight excluding hydrogens is 400 g/mol. The fourth-order valence-corrected chi connectivity index (χ4v) is 2.58. The van der Waals surface area contributed by atoms with Crippen molar-refractivity contribution in [3.63, 3.8) is 0 Å². The number of allylic oxidation sites excluding steroid dienone is 4. The number of Topliss-reactive ketones (excluding diaryl/α,β-unsaturated/α-hetero) is 2. The molecule has 0 saturated carbocycles. The predicted octanol–water partition coefficient (Wildman–Crippen LogP) is 0.617. The number of rotatable bonds is 0. The molecule has 1 radical (unpaired) electrons. The Bertz CT molecular complexity index is 949. The van der Waals surface area contributed by atoms with Gasteiger partial charge in [0.1, 0.15) is 0 Å². The van der Waals surface area contributed by atoms with E-state index in [-0.39, 0.29) is 39.8 Å². The van der Waals surface area contributed by atoms with Crippen molar-refractivity contribution >= 4 is 23.1 Å². The van der Waals surface area contributed by atoms with Gasteiger partial charge in [-0.05, 0) is 12.2 Å². The first-order valence-electron chi connectivity index (χ1n) is 7.53. The molecule has 2 aliphatic carbocycles. The van der Waals surface area contributed by atoms with Gasteiger partial charge in [-0.1, -0.05) is 60.0 Å². The summed E-state index contributed by atoms with van der Waals surface area (Å²) >= 11 is 0. The standard InChI is InChI=1S/2C10H6O3.Cu/c2*11-8-5-9(12)10(13)7-4-2-1-3-6(7)8;/h2*1-5,12H;/q;;+2/p-2. The normalized spacial score (nSPS) is 14.7. The molecule has 6 nitrogen and oxygen atoms in total. The van der Waals surface area contributed by atoms with Gasteiger partial charge in [0.2, 0.25) is 0 Å². The van der Waals surface area contributed by atoms with Gasteiger partial charge in [-0.3, -0.25) is 19.2 Å². The third kappa shape index (κ3) is 3.79. The van der Waals surface area contributed by atoms with Crippen LogP contribution >= 0.6 is 0 Å². The Labute approximate surface area is 164 Å². The molecule has 137 valence electrons. The summed E-state index contributed by atoms with van der Waals surface area (Å²) in [6, 6.07) is 12.6. The van der Waals surface area contributed by atoms with E-state index in [9.17, 15) is 29.4 Å². The zero-order chi connectivity index (χ0) is 18.8. The Morgan fingerprint density at radius 3 is 1.15 bits per heavy atom. The number of ketones is 4. The van der Waals surface area contributed by atoms with E-state index in [0.717, 1.165) is 12.2 Å². The minimum absolute atomic E-state index is 0. The summed E-state index contributed by atoms with van der Waals surface area (Å²) in [5.41, 5.74) is 1.04. The summed E-state index contributed by atoms with van der Waals surface area (Å²) in [5.74, 6) is -3.45. The molecule has 2 aromatic rings. The van der Waals surface area contributed by atoms with Crippen LogP contribution in [0.5, 0.6) is 0 Å². The van der Waals surface area contributed by atoms with Crippen molar-refractivity contribution in [3.05, 3.63) is 94.5 Å². The van der Waals surface area contributed by atoms with E-state index in [2.05, 4.69) is 0 Å². The van der Waals surface area contributed by atoms with Gasteiger partial charge in [0.15, 0.2) is 23.1 Å². The van der Waals surface area contributed by atoms with Gasteiger partial charge in [-0.15, -0.1) is 0 Å². The third-order valence-corrected chi connectivity index (χ3v) is 3.85. The number of carbonyl (C=O) groups excluding carboxylic acids is 4. The molecular formula is C20H10CuO6. The van der Waals surface area contributed by atoms with Gasteiger partial charge < -0.3 is 10.2 Å². The average Bonchev–Trinajstić information content (AvgIpc) is 2.65. The molecule has 4 rings (SSSR count). The van der Waals surface area contributed by atoms with Crippen LogP contribution in [0.3, 0.4) is 0 Å². The summed E-state index contributed by atoms with van der Waals surface area (Å²) in [5, 5.41) is 21.9. The Balaban J connectivity index is 0.000000187. The predicted molar refractivity (Wildman–Crippen MR) is 86.4 cm³/mol. The first-order valence-corrected chi connectivity index (χ1v) is 7.53. The van der Waals surface area contributed by atoms with Crippen LogP contribution in [0.25, 0.3) is 0 Å². The monoisotopic (exact) mass is 409 g/mol. The minimum Gasteiger partial charge on any atom is -0.870 e. The fourth-order valence-electron chi connectivity index (χ4n) is 2.58. The maximum Gasteiger partial charge on any atom is 2.00 e. The van der Waals surface area contributed by atoms with Crippen molar-refractivity contribution in [2.75, 3.05) is 0 Å². The summed E-state index contributed by atoms with van der Waals surface area (Å²) in [6.07, 6.45) is 1.68. The van der Waals surface area contributed by atoms with E-state index in [1.165, 1.54) is 12.1 Å². The number of hydrogen-bond donors (Lipinski definition) is 0. The van der Waals surface area contributed by atoms with Crippen molar-refractivity contribution in [2.24, 2.45) is 0 Å². The van der Waals surface area contributed by atoms with Gasteiger partial charge in [-0.2, -0.15) is 0 Å². The van der Waals surface area contributed by atoms with Gasteiger partial charge in [0.25, 0.3) is 0 Å². The Morgan fingerprint density at radius 1 is 0.519 bits per heavy atom. The zero-order valence-corrected chi connectivity index (χ0v) is 14.5. The van der Waals surface area contributed by atoms with Crippen molar-refractivity contribution in [2.45, 2.75) is 0 Å². The molecule has 0 amide bonds. The smallest absolute Gasteiger partial charge is 0.870 e. The molecule has 7 heteroatoms. The van der Waals surface area contributed by atoms with E-state index < -0.39 is 23.1 Å². The van der Waals surface area contributed by atoms with E-state index >= 15 is 0 Å². The molecule has 0 unspecified atom stereocenters. The number of carbonyl (C=O) groups is 4. The quantitative estimate of drug-likeness (QED) is 0.589. The summed E-state index contributed by atoms with van der Waals surface area (Å²) < 4.78 is 0. The SMILES string of the molecule is O=C1C=C([O-])C(=O)c2ccccc21.O=C1C=C([O-])C(=O)c2ccccc21.[Cu+2]. The molecule has 0 heterocycles. The molecule has 27 heavy (non-hydrogen) atoms. The van der Waals surface area contributed by atoms with Gasteiger partial charge in [0, 0.05) is 22.3 Å². The number of benzene rings is 2. The van der Waals surface area contributed by atoms with Gasteiger partial charge in [0.05, 0.1) is 0 Å². The van der Waals surface area contributed by atoms with Crippen molar-refractivity contribution in [1.29, 1.82) is 0 Å². The van der Waals surface area contributed by atoms with Crippen LogP contribution in [-0.2, 0) is 17.1 Å². The Kier molecular flexibility index (Phi) is 5.90. The maximum absolute atomic E-state index is 11.2. The molecule has 0 saturated heterocycles. The van der Waals surface area contributed by atoms with Crippen LogP contribution in [0.2, 0.25) is 0 Å². The van der Waals surface area contributed by atoms with Crippen LogP contribution in [0.4, 0.5) is 0 Å².